The summed E-state index contributed by atoms with van der Waals surface area (Å²) in [5.41, 5.74) is 0. The molecule has 2 unspecified atom stereocenters. The molecule has 0 aromatic rings. The molecule has 2 heteroatoms. The summed E-state index contributed by atoms with van der Waals surface area (Å²) in [5.74, 6) is 0.389. The maximum Gasteiger partial charge on any atom is 0.135 e. The van der Waals surface area contributed by atoms with Crippen LogP contribution in [0.1, 0.15) is 25.7 Å². The van der Waals surface area contributed by atoms with Gasteiger partial charge in [-0.3, -0.25) is 4.79 Å². The van der Waals surface area contributed by atoms with Crippen LogP contribution < -0.4 is 0 Å². The minimum atomic E-state index is 0.319. The van der Waals surface area contributed by atoms with E-state index in [1.165, 1.54) is 0 Å². The topological polar surface area (TPSA) is 29.6 Å². The van der Waals surface area contributed by atoms with Gasteiger partial charge in [0.15, 0.2) is 0 Å². The smallest absolute Gasteiger partial charge is 0.135 e. The van der Waals surface area contributed by atoms with E-state index in [2.05, 4.69) is 0 Å². The van der Waals surface area contributed by atoms with Crippen molar-refractivity contribution in [3.8, 4) is 0 Å². The van der Waals surface area contributed by atoms with Crippen molar-refractivity contribution in [2.75, 3.05) is 0 Å². The van der Waals surface area contributed by atoms with Crippen LogP contribution in [-0.4, -0.2) is 18.0 Å². The molecule has 0 spiro atoms. The Kier molecular flexibility index (Phi) is 1.09. The standard InChI is InChI=1S/C7H10O2/c8-5-2-1-3-6-7(4-5)9-6/h6-7H,1-4H2. The first-order valence-electron chi connectivity index (χ1n) is 3.53. The number of carbonyl (C=O) groups is 1. The molecule has 0 radical (unpaired) electrons. The van der Waals surface area contributed by atoms with Gasteiger partial charge in [0.25, 0.3) is 0 Å². The van der Waals surface area contributed by atoms with E-state index in [1.54, 1.807) is 0 Å². The van der Waals surface area contributed by atoms with Crippen LogP contribution in [0.2, 0.25) is 0 Å². The first kappa shape index (κ1) is 5.42. The second kappa shape index (κ2) is 1.81. The molecule has 1 aliphatic heterocycles. The quantitative estimate of drug-likeness (QED) is 0.451. The number of Topliss-reactive ketones (excluding diaryl/α,β-unsaturated/α-hetero) is 1. The average molecular weight is 126 g/mol. The van der Waals surface area contributed by atoms with Gasteiger partial charge in [0, 0.05) is 12.8 Å². The van der Waals surface area contributed by atoms with Gasteiger partial charge in [-0.25, -0.2) is 0 Å². The highest BCUT2D eigenvalue weighted by molar-refractivity contribution is 5.79. The Morgan fingerprint density at radius 2 is 2.33 bits per heavy atom. The molecule has 1 aliphatic carbocycles. The molecule has 0 bridgehead atoms. The molecule has 2 atom stereocenters. The van der Waals surface area contributed by atoms with Gasteiger partial charge in [0.1, 0.15) is 5.78 Å². The number of epoxide rings is 1. The molecule has 1 saturated heterocycles. The van der Waals surface area contributed by atoms with E-state index in [0.29, 0.717) is 24.4 Å². The van der Waals surface area contributed by atoms with Crippen LogP contribution in [0.3, 0.4) is 0 Å². The summed E-state index contributed by atoms with van der Waals surface area (Å²) in [6.07, 6.45) is 4.40. The van der Waals surface area contributed by atoms with Crippen LogP contribution in [0.5, 0.6) is 0 Å². The number of ether oxygens (including phenoxy) is 1. The molecule has 2 fully saturated rings. The Morgan fingerprint density at radius 3 is 3.22 bits per heavy atom. The monoisotopic (exact) mass is 126 g/mol. The highest BCUT2D eigenvalue weighted by atomic mass is 16.6. The molecule has 1 saturated carbocycles. The number of hydrogen-bond donors (Lipinski definition) is 0. The van der Waals surface area contributed by atoms with Crippen molar-refractivity contribution in [2.24, 2.45) is 0 Å². The predicted molar refractivity (Wildman–Crippen MR) is 32.1 cm³/mol. The Bertz CT molecular complexity index is 142. The fraction of sp³-hybridized carbons (Fsp3) is 0.857. The van der Waals surface area contributed by atoms with E-state index in [0.717, 1.165) is 19.3 Å². The Morgan fingerprint density at radius 1 is 1.44 bits per heavy atom. The van der Waals surface area contributed by atoms with Crippen molar-refractivity contribution in [3.05, 3.63) is 0 Å². The summed E-state index contributed by atoms with van der Waals surface area (Å²) in [5, 5.41) is 0. The zero-order valence-electron chi connectivity index (χ0n) is 5.30. The number of carbonyl (C=O) groups excluding carboxylic acids is 1. The van der Waals surface area contributed by atoms with Crippen LogP contribution in [-0.2, 0) is 9.53 Å². The number of fused-ring (bicyclic) bond motifs is 1. The molecule has 2 rings (SSSR count). The molecule has 2 nitrogen and oxygen atoms in total. The number of hydrogen-bond acceptors (Lipinski definition) is 2. The van der Waals surface area contributed by atoms with Crippen molar-refractivity contribution in [2.45, 2.75) is 37.9 Å². The fourth-order valence-corrected chi connectivity index (χ4v) is 1.44. The summed E-state index contributed by atoms with van der Waals surface area (Å²) in [6.45, 7) is 0. The Hall–Kier alpha value is -0.370. The van der Waals surface area contributed by atoms with Crippen LogP contribution >= 0.6 is 0 Å². The van der Waals surface area contributed by atoms with E-state index in [-0.39, 0.29) is 0 Å². The summed E-state index contributed by atoms with van der Waals surface area (Å²) < 4.78 is 5.21. The van der Waals surface area contributed by atoms with Crippen molar-refractivity contribution in [1.82, 2.24) is 0 Å². The van der Waals surface area contributed by atoms with Gasteiger partial charge in [-0.15, -0.1) is 0 Å². The molecule has 0 aromatic heterocycles. The van der Waals surface area contributed by atoms with Gasteiger partial charge >= 0.3 is 0 Å². The number of ketones is 1. The largest absolute Gasteiger partial charge is 0.369 e. The molecule has 0 N–H and O–H groups in total. The van der Waals surface area contributed by atoms with Crippen molar-refractivity contribution >= 4 is 5.78 Å². The van der Waals surface area contributed by atoms with Crippen LogP contribution in [0.25, 0.3) is 0 Å². The maximum atomic E-state index is 10.8. The van der Waals surface area contributed by atoms with E-state index < -0.39 is 0 Å². The molecular formula is C7H10O2. The van der Waals surface area contributed by atoms with E-state index in [4.69, 9.17) is 4.74 Å². The maximum absolute atomic E-state index is 10.8. The average Bonchev–Trinajstić information content (AvgIpc) is 2.43. The van der Waals surface area contributed by atoms with Crippen LogP contribution in [0.4, 0.5) is 0 Å². The zero-order valence-corrected chi connectivity index (χ0v) is 5.30. The molecule has 0 amide bonds. The Balaban J connectivity index is 1.99. The summed E-state index contributed by atoms with van der Waals surface area (Å²) in [4.78, 5) is 10.8. The first-order chi connectivity index (χ1) is 4.36. The van der Waals surface area contributed by atoms with Crippen LogP contribution in [0, 0.1) is 0 Å². The third-order valence-electron chi connectivity index (χ3n) is 2.06. The van der Waals surface area contributed by atoms with Gasteiger partial charge in [0.2, 0.25) is 0 Å². The lowest BCUT2D eigenvalue weighted by atomic mass is 10.2. The number of rotatable bonds is 0. The summed E-state index contributed by atoms with van der Waals surface area (Å²) >= 11 is 0. The Labute approximate surface area is 54.2 Å². The highest BCUT2D eigenvalue weighted by Crippen LogP contribution is 2.33. The van der Waals surface area contributed by atoms with Crippen molar-refractivity contribution < 1.29 is 9.53 Å². The van der Waals surface area contributed by atoms with E-state index in [9.17, 15) is 4.79 Å². The molecule has 1 heterocycles. The van der Waals surface area contributed by atoms with E-state index >= 15 is 0 Å². The molecule has 0 aromatic carbocycles. The summed E-state index contributed by atoms with van der Waals surface area (Å²) in [7, 11) is 0. The first-order valence-corrected chi connectivity index (χ1v) is 3.53. The van der Waals surface area contributed by atoms with Gasteiger partial charge in [-0.1, -0.05) is 0 Å². The van der Waals surface area contributed by atoms with Gasteiger partial charge in [-0.2, -0.15) is 0 Å². The van der Waals surface area contributed by atoms with Crippen molar-refractivity contribution in [3.63, 3.8) is 0 Å². The minimum Gasteiger partial charge on any atom is -0.369 e. The second-order valence-corrected chi connectivity index (χ2v) is 2.85. The molecule has 50 valence electrons. The lowest BCUT2D eigenvalue weighted by Gasteiger charge is -1.91. The summed E-state index contributed by atoms with van der Waals surface area (Å²) in [6, 6.07) is 0. The second-order valence-electron chi connectivity index (χ2n) is 2.85. The van der Waals surface area contributed by atoms with E-state index in [1.807, 2.05) is 0 Å². The zero-order chi connectivity index (χ0) is 6.27. The molecular weight excluding hydrogens is 116 g/mol. The van der Waals surface area contributed by atoms with Gasteiger partial charge in [0.05, 0.1) is 12.2 Å². The molecule has 2 aliphatic rings. The lowest BCUT2D eigenvalue weighted by Crippen LogP contribution is -1.98. The predicted octanol–water partition coefficient (Wildman–Crippen LogP) is 0.897. The van der Waals surface area contributed by atoms with Gasteiger partial charge in [-0.05, 0) is 12.8 Å². The SMILES string of the molecule is O=C1CCCC2OC2C1. The van der Waals surface area contributed by atoms with Gasteiger partial charge < -0.3 is 4.74 Å². The molecule has 9 heavy (non-hydrogen) atoms. The van der Waals surface area contributed by atoms with Crippen molar-refractivity contribution in [1.29, 1.82) is 0 Å². The van der Waals surface area contributed by atoms with Crippen LogP contribution in [0.15, 0.2) is 0 Å². The lowest BCUT2D eigenvalue weighted by molar-refractivity contribution is -0.119. The third-order valence-corrected chi connectivity index (χ3v) is 2.06. The normalized spacial score (nSPS) is 41.6. The third kappa shape index (κ3) is 0.990. The fourth-order valence-electron chi connectivity index (χ4n) is 1.44. The minimum absolute atomic E-state index is 0.319. The highest BCUT2D eigenvalue weighted by Gasteiger charge is 2.41.